The van der Waals surface area contributed by atoms with Gasteiger partial charge in [0.2, 0.25) is 0 Å². The maximum atomic E-state index is 13.3. The Kier molecular flexibility index (Phi) is 5.68. The standard InChI is InChI=1S/C23H30N2O2/c1-6-27-14-13-24(4)23(2,3)22(26)18-11-12-21-19(16-18)15-17-9-7-8-10-20(17)25(21)5/h7-12,16H,6,13-15H2,1-5H3. The zero-order valence-corrected chi connectivity index (χ0v) is 17.1. The van der Waals surface area contributed by atoms with Gasteiger partial charge in [-0.1, -0.05) is 18.2 Å². The lowest BCUT2D eigenvalue weighted by Gasteiger charge is -2.35. The number of ether oxygens (including phenoxy) is 1. The third kappa shape index (κ3) is 3.78. The van der Waals surface area contributed by atoms with Crippen LogP contribution in [0.15, 0.2) is 42.5 Å². The Labute approximate surface area is 162 Å². The summed E-state index contributed by atoms with van der Waals surface area (Å²) in [6.45, 7) is 8.02. The number of rotatable bonds is 7. The molecule has 0 N–H and O–H groups in total. The van der Waals surface area contributed by atoms with Gasteiger partial charge in [-0.25, -0.2) is 0 Å². The van der Waals surface area contributed by atoms with Gasteiger partial charge in [-0.15, -0.1) is 0 Å². The molecule has 1 aliphatic heterocycles. The number of ketones is 1. The van der Waals surface area contributed by atoms with Crippen molar-refractivity contribution in [2.75, 3.05) is 38.8 Å². The second kappa shape index (κ2) is 7.83. The second-order valence-electron chi connectivity index (χ2n) is 7.71. The molecule has 0 spiro atoms. The number of benzene rings is 2. The van der Waals surface area contributed by atoms with E-state index in [-0.39, 0.29) is 5.78 Å². The fourth-order valence-corrected chi connectivity index (χ4v) is 3.67. The SMILES string of the molecule is CCOCCN(C)C(C)(C)C(=O)c1ccc2c(c1)Cc1ccccc1N2C. The first-order valence-electron chi connectivity index (χ1n) is 9.64. The van der Waals surface area contributed by atoms with Crippen LogP contribution in [0.4, 0.5) is 11.4 Å². The Balaban J connectivity index is 1.84. The molecule has 0 atom stereocenters. The summed E-state index contributed by atoms with van der Waals surface area (Å²) < 4.78 is 5.45. The van der Waals surface area contributed by atoms with Gasteiger partial charge in [0, 0.05) is 43.6 Å². The first kappa shape index (κ1) is 19.6. The molecule has 27 heavy (non-hydrogen) atoms. The van der Waals surface area contributed by atoms with Crippen molar-refractivity contribution in [2.24, 2.45) is 0 Å². The maximum Gasteiger partial charge on any atom is 0.182 e. The number of Topliss-reactive ketones (excluding diaryl/α,β-unsaturated/α-hetero) is 1. The molecule has 0 amide bonds. The molecule has 1 aliphatic rings. The quantitative estimate of drug-likeness (QED) is 0.541. The smallest absolute Gasteiger partial charge is 0.182 e. The average molecular weight is 367 g/mol. The Morgan fingerprint density at radius 1 is 1.15 bits per heavy atom. The molecule has 4 nitrogen and oxygen atoms in total. The van der Waals surface area contributed by atoms with Crippen molar-refractivity contribution in [1.29, 1.82) is 0 Å². The molecule has 4 heteroatoms. The van der Waals surface area contributed by atoms with Crippen molar-refractivity contribution in [1.82, 2.24) is 4.90 Å². The predicted molar refractivity (Wildman–Crippen MR) is 111 cm³/mol. The highest BCUT2D eigenvalue weighted by molar-refractivity contribution is 6.03. The van der Waals surface area contributed by atoms with E-state index >= 15 is 0 Å². The molecule has 0 saturated heterocycles. The number of anilines is 2. The molecule has 1 heterocycles. The van der Waals surface area contributed by atoms with Gasteiger partial charge in [0.1, 0.15) is 0 Å². The normalized spacial score (nSPS) is 13.5. The van der Waals surface area contributed by atoms with E-state index in [0.29, 0.717) is 13.2 Å². The third-order valence-corrected chi connectivity index (χ3v) is 5.72. The van der Waals surface area contributed by atoms with Crippen LogP contribution in [0.25, 0.3) is 0 Å². The summed E-state index contributed by atoms with van der Waals surface area (Å²) in [6.07, 6.45) is 0.859. The fourth-order valence-electron chi connectivity index (χ4n) is 3.67. The van der Waals surface area contributed by atoms with Crippen LogP contribution in [-0.2, 0) is 11.2 Å². The van der Waals surface area contributed by atoms with E-state index in [0.717, 1.165) is 18.5 Å². The predicted octanol–water partition coefficient (Wildman–Crippen LogP) is 4.29. The lowest BCUT2D eigenvalue weighted by Crippen LogP contribution is -2.49. The summed E-state index contributed by atoms with van der Waals surface area (Å²) in [5.41, 5.74) is 5.10. The number of carbonyl (C=O) groups is 1. The Bertz CT molecular complexity index is 829. The molecule has 144 valence electrons. The zero-order chi connectivity index (χ0) is 19.6. The largest absolute Gasteiger partial charge is 0.380 e. The van der Waals surface area contributed by atoms with Crippen molar-refractivity contribution in [3.8, 4) is 0 Å². The summed E-state index contributed by atoms with van der Waals surface area (Å²) in [4.78, 5) is 17.5. The molecule has 0 aromatic heterocycles. The van der Waals surface area contributed by atoms with Crippen molar-refractivity contribution in [2.45, 2.75) is 32.7 Å². The van der Waals surface area contributed by atoms with E-state index in [4.69, 9.17) is 4.74 Å². The Morgan fingerprint density at radius 3 is 2.59 bits per heavy atom. The van der Waals surface area contributed by atoms with Crippen LogP contribution in [0, 0.1) is 0 Å². The van der Waals surface area contributed by atoms with Crippen LogP contribution in [-0.4, -0.2) is 50.1 Å². The first-order chi connectivity index (χ1) is 12.9. The minimum Gasteiger partial charge on any atom is -0.380 e. The first-order valence-corrected chi connectivity index (χ1v) is 9.64. The number of likely N-dealkylation sites (N-methyl/N-ethyl adjacent to an activating group) is 1. The van der Waals surface area contributed by atoms with E-state index in [9.17, 15) is 4.79 Å². The van der Waals surface area contributed by atoms with Crippen LogP contribution in [0.2, 0.25) is 0 Å². The zero-order valence-electron chi connectivity index (χ0n) is 17.1. The van der Waals surface area contributed by atoms with Gasteiger partial charge in [0.25, 0.3) is 0 Å². The lowest BCUT2D eigenvalue weighted by atomic mass is 9.88. The van der Waals surface area contributed by atoms with Gasteiger partial charge in [-0.2, -0.15) is 0 Å². The van der Waals surface area contributed by atoms with Crippen molar-refractivity contribution in [3.63, 3.8) is 0 Å². The number of para-hydroxylation sites is 1. The molecule has 0 aliphatic carbocycles. The Morgan fingerprint density at radius 2 is 1.85 bits per heavy atom. The van der Waals surface area contributed by atoms with Gasteiger partial charge >= 0.3 is 0 Å². The fraction of sp³-hybridized carbons (Fsp3) is 0.435. The average Bonchev–Trinajstić information content (AvgIpc) is 2.67. The van der Waals surface area contributed by atoms with Crippen LogP contribution in [0.1, 0.15) is 42.3 Å². The molecular formula is C23H30N2O2. The highest BCUT2D eigenvalue weighted by atomic mass is 16.5. The third-order valence-electron chi connectivity index (χ3n) is 5.72. The monoisotopic (exact) mass is 366 g/mol. The highest BCUT2D eigenvalue weighted by Crippen LogP contribution is 2.38. The number of nitrogens with zero attached hydrogens (tertiary/aromatic N) is 2. The summed E-state index contributed by atoms with van der Waals surface area (Å²) in [5.74, 6) is 0.144. The summed E-state index contributed by atoms with van der Waals surface area (Å²) in [6, 6.07) is 14.6. The van der Waals surface area contributed by atoms with E-state index in [1.807, 2.05) is 33.9 Å². The van der Waals surface area contributed by atoms with Crippen LogP contribution < -0.4 is 4.90 Å². The molecule has 0 bridgehead atoms. The van der Waals surface area contributed by atoms with Crippen molar-refractivity contribution in [3.05, 3.63) is 59.2 Å². The van der Waals surface area contributed by atoms with Gasteiger partial charge in [0.05, 0.1) is 12.1 Å². The second-order valence-corrected chi connectivity index (χ2v) is 7.71. The van der Waals surface area contributed by atoms with Gasteiger partial charge in [0.15, 0.2) is 5.78 Å². The van der Waals surface area contributed by atoms with Gasteiger partial charge in [-0.05, 0) is 63.2 Å². The lowest BCUT2D eigenvalue weighted by molar-refractivity contribution is 0.0582. The minimum absolute atomic E-state index is 0.144. The van der Waals surface area contributed by atoms with E-state index < -0.39 is 5.54 Å². The van der Waals surface area contributed by atoms with E-state index in [1.165, 1.54) is 22.5 Å². The molecule has 0 fully saturated rings. The minimum atomic E-state index is -0.580. The van der Waals surface area contributed by atoms with Gasteiger partial charge < -0.3 is 9.64 Å². The molecule has 0 radical (unpaired) electrons. The Hall–Kier alpha value is -2.17. The molecular weight excluding hydrogens is 336 g/mol. The van der Waals surface area contributed by atoms with Crippen LogP contribution in [0.5, 0.6) is 0 Å². The van der Waals surface area contributed by atoms with Crippen LogP contribution >= 0.6 is 0 Å². The highest BCUT2D eigenvalue weighted by Gasteiger charge is 2.33. The molecule has 2 aromatic rings. The van der Waals surface area contributed by atoms with Gasteiger partial charge in [-0.3, -0.25) is 9.69 Å². The summed E-state index contributed by atoms with van der Waals surface area (Å²) >= 11 is 0. The molecule has 0 saturated carbocycles. The molecule has 2 aromatic carbocycles. The molecule has 0 unspecified atom stereocenters. The summed E-state index contributed by atoms with van der Waals surface area (Å²) in [5, 5.41) is 0. The number of hydrogen-bond acceptors (Lipinski definition) is 4. The van der Waals surface area contributed by atoms with Crippen molar-refractivity contribution >= 4 is 17.2 Å². The van der Waals surface area contributed by atoms with E-state index in [2.05, 4.69) is 53.2 Å². The number of hydrogen-bond donors (Lipinski definition) is 0. The van der Waals surface area contributed by atoms with Crippen LogP contribution in [0.3, 0.4) is 0 Å². The summed E-state index contributed by atoms with van der Waals surface area (Å²) in [7, 11) is 4.07. The number of carbonyl (C=O) groups excluding carboxylic acids is 1. The van der Waals surface area contributed by atoms with E-state index in [1.54, 1.807) is 0 Å². The van der Waals surface area contributed by atoms with Crippen molar-refractivity contribution < 1.29 is 9.53 Å². The number of fused-ring (bicyclic) bond motifs is 2. The maximum absolute atomic E-state index is 13.3. The topological polar surface area (TPSA) is 32.8 Å². The molecule has 3 rings (SSSR count).